The van der Waals surface area contributed by atoms with Crippen LogP contribution in [0.1, 0.15) is 40.0 Å². The van der Waals surface area contributed by atoms with E-state index in [4.69, 9.17) is 9.47 Å². The van der Waals surface area contributed by atoms with E-state index in [0.717, 1.165) is 38.3 Å². The van der Waals surface area contributed by atoms with Gasteiger partial charge in [0.15, 0.2) is 5.96 Å². The molecule has 0 saturated carbocycles. The standard InChI is InChI=1S/C20H37N5O4.HI/c1-5-28-20(27)23-16(13-15(2)3)14-22-19(21-4)25-10-8-24(9-11-25)18(26)17-7-6-12-29-17;/h15-17H,5-14H2,1-4H3,(H,21,22)(H,23,27);1H. The van der Waals surface area contributed by atoms with Crippen molar-refractivity contribution in [2.45, 2.75) is 52.2 Å². The van der Waals surface area contributed by atoms with Gasteiger partial charge in [-0.3, -0.25) is 9.79 Å². The Morgan fingerprint density at radius 3 is 2.40 bits per heavy atom. The average Bonchev–Trinajstić information content (AvgIpc) is 3.23. The van der Waals surface area contributed by atoms with Crippen LogP contribution in [-0.4, -0.2) is 92.9 Å². The van der Waals surface area contributed by atoms with E-state index in [1.165, 1.54) is 0 Å². The molecule has 0 aliphatic carbocycles. The Hall–Kier alpha value is -1.30. The van der Waals surface area contributed by atoms with Gasteiger partial charge >= 0.3 is 6.09 Å². The van der Waals surface area contributed by atoms with Crippen molar-refractivity contribution >= 4 is 41.9 Å². The molecule has 10 heteroatoms. The molecule has 2 rings (SSSR count). The van der Waals surface area contributed by atoms with Crippen LogP contribution in [0.3, 0.4) is 0 Å². The van der Waals surface area contributed by atoms with Crippen LogP contribution in [0.5, 0.6) is 0 Å². The number of rotatable bonds is 7. The first-order valence-corrected chi connectivity index (χ1v) is 10.7. The van der Waals surface area contributed by atoms with Crippen LogP contribution < -0.4 is 10.6 Å². The van der Waals surface area contributed by atoms with Crippen LogP contribution in [0.4, 0.5) is 4.79 Å². The van der Waals surface area contributed by atoms with Gasteiger partial charge in [0.2, 0.25) is 0 Å². The first-order valence-electron chi connectivity index (χ1n) is 10.7. The molecule has 2 heterocycles. The van der Waals surface area contributed by atoms with Gasteiger partial charge in [0, 0.05) is 52.4 Å². The molecule has 0 aromatic heterocycles. The Kier molecular flexibility index (Phi) is 12.4. The van der Waals surface area contributed by atoms with Gasteiger partial charge in [0.25, 0.3) is 5.91 Å². The molecule has 0 spiro atoms. The number of piperazine rings is 1. The normalized spacial score (nSPS) is 20.6. The highest BCUT2D eigenvalue weighted by atomic mass is 127. The second kappa shape index (κ2) is 13.9. The molecule has 174 valence electrons. The van der Waals surface area contributed by atoms with Crippen molar-refractivity contribution in [3.63, 3.8) is 0 Å². The third-order valence-electron chi connectivity index (χ3n) is 5.17. The molecule has 30 heavy (non-hydrogen) atoms. The third-order valence-corrected chi connectivity index (χ3v) is 5.17. The fourth-order valence-corrected chi connectivity index (χ4v) is 3.76. The molecule has 0 aromatic rings. The summed E-state index contributed by atoms with van der Waals surface area (Å²) in [5.74, 6) is 1.34. The summed E-state index contributed by atoms with van der Waals surface area (Å²) in [4.78, 5) is 32.7. The number of hydrogen-bond acceptors (Lipinski definition) is 5. The molecule has 2 atom stereocenters. The number of alkyl carbamates (subject to hydrolysis) is 1. The summed E-state index contributed by atoms with van der Waals surface area (Å²) in [5, 5.41) is 6.29. The van der Waals surface area contributed by atoms with E-state index in [2.05, 4.69) is 34.4 Å². The second-order valence-corrected chi connectivity index (χ2v) is 7.93. The maximum Gasteiger partial charge on any atom is 0.407 e. The van der Waals surface area contributed by atoms with Crippen molar-refractivity contribution in [2.75, 3.05) is 53.0 Å². The fraction of sp³-hybridized carbons (Fsp3) is 0.850. The molecule has 0 radical (unpaired) electrons. The Bertz CT molecular complexity index is 561. The van der Waals surface area contributed by atoms with E-state index in [1.54, 1.807) is 14.0 Å². The van der Waals surface area contributed by atoms with Crippen molar-refractivity contribution in [3.8, 4) is 0 Å². The van der Waals surface area contributed by atoms with E-state index < -0.39 is 6.09 Å². The number of amides is 2. The maximum atomic E-state index is 12.5. The molecule has 0 bridgehead atoms. The number of hydrogen-bond donors (Lipinski definition) is 2. The number of nitrogens with zero attached hydrogens (tertiary/aromatic N) is 3. The summed E-state index contributed by atoms with van der Waals surface area (Å²) in [5.41, 5.74) is 0. The third kappa shape index (κ3) is 8.44. The lowest BCUT2D eigenvalue weighted by Crippen LogP contribution is -2.56. The minimum Gasteiger partial charge on any atom is -0.450 e. The molecular weight excluding hydrogens is 501 g/mol. The monoisotopic (exact) mass is 539 g/mol. The Labute approximate surface area is 197 Å². The molecule has 2 fully saturated rings. The van der Waals surface area contributed by atoms with Gasteiger partial charge in [-0.15, -0.1) is 24.0 Å². The summed E-state index contributed by atoms with van der Waals surface area (Å²) in [7, 11) is 1.75. The zero-order valence-corrected chi connectivity index (χ0v) is 21.0. The molecule has 2 aliphatic heterocycles. The summed E-state index contributed by atoms with van der Waals surface area (Å²) in [6, 6.07) is -0.0480. The van der Waals surface area contributed by atoms with Crippen molar-refractivity contribution < 1.29 is 19.1 Å². The zero-order chi connectivity index (χ0) is 21.2. The van der Waals surface area contributed by atoms with Crippen LogP contribution in [-0.2, 0) is 14.3 Å². The van der Waals surface area contributed by atoms with Gasteiger partial charge in [-0.2, -0.15) is 0 Å². The van der Waals surface area contributed by atoms with E-state index in [9.17, 15) is 9.59 Å². The second-order valence-electron chi connectivity index (χ2n) is 7.93. The van der Waals surface area contributed by atoms with Crippen molar-refractivity contribution in [2.24, 2.45) is 10.9 Å². The maximum absolute atomic E-state index is 12.5. The van der Waals surface area contributed by atoms with Crippen LogP contribution in [0.25, 0.3) is 0 Å². The lowest BCUT2D eigenvalue weighted by Gasteiger charge is -2.37. The number of guanidine groups is 1. The summed E-state index contributed by atoms with van der Waals surface area (Å²) < 4.78 is 10.5. The largest absolute Gasteiger partial charge is 0.450 e. The molecule has 0 aromatic carbocycles. The van der Waals surface area contributed by atoms with E-state index in [0.29, 0.717) is 38.8 Å². The molecule has 2 aliphatic rings. The predicted octanol–water partition coefficient (Wildman–Crippen LogP) is 1.66. The Balaban J connectivity index is 0.00000450. The minimum atomic E-state index is -0.392. The van der Waals surface area contributed by atoms with Gasteiger partial charge in [0.05, 0.1) is 6.61 Å². The zero-order valence-electron chi connectivity index (χ0n) is 18.7. The fourth-order valence-electron chi connectivity index (χ4n) is 3.76. The first kappa shape index (κ1) is 26.7. The number of aliphatic imine (C=N–C) groups is 1. The number of nitrogens with one attached hydrogen (secondary N) is 2. The number of carbonyl (C=O) groups is 2. The van der Waals surface area contributed by atoms with Gasteiger partial charge < -0.3 is 29.9 Å². The van der Waals surface area contributed by atoms with Crippen LogP contribution in [0.15, 0.2) is 4.99 Å². The molecule has 2 N–H and O–H groups in total. The highest BCUT2D eigenvalue weighted by Crippen LogP contribution is 2.16. The molecular formula is C20H38IN5O4. The summed E-state index contributed by atoms with van der Waals surface area (Å²) >= 11 is 0. The van der Waals surface area contributed by atoms with Crippen molar-refractivity contribution in [1.29, 1.82) is 0 Å². The van der Waals surface area contributed by atoms with E-state index in [-0.39, 0.29) is 42.0 Å². The van der Waals surface area contributed by atoms with Crippen LogP contribution in [0, 0.1) is 5.92 Å². The highest BCUT2D eigenvalue weighted by Gasteiger charge is 2.31. The van der Waals surface area contributed by atoms with E-state index in [1.807, 2.05) is 4.90 Å². The topological polar surface area (TPSA) is 95.5 Å². The predicted molar refractivity (Wildman–Crippen MR) is 127 cm³/mol. The SMILES string of the molecule is CCOC(=O)NC(CNC(=NC)N1CCN(C(=O)C2CCCO2)CC1)CC(C)C.I. The van der Waals surface area contributed by atoms with Gasteiger partial charge in [-0.25, -0.2) is 4.79 Å². The lowest BCUT2D eigenvalue weighted by molar-refractivity contribution is -0.142. The van der Waals surface area contributed by atoms with Crippen LogP contribution >= 0.6 is 24.0 Å². The average molecular weight is 539 g/mol. The van der Waals surface area contributed by atoms with Crippen molar-refractivity contribution in [1.82, 2.24) is 20.4 Å². The summed E-state index contributed by atoms with van der Waals surface area (Å²) in [6.45, 7) is 10.4. The highest BCUT2D eigenvalue weighted by molar-refractivity contribution is 14.0. The number of carbonyl (C=O) groups excluding carboxylic acids is 2. The number of halogens is 1. The lowest BCUT2D eigenvalue weighted by atomic mass is 10.0. The minimum absolute atomic E-state index is 0. The quantitative estimate of drug-likeness (QED) is 0.291. The first-order chi connectivity index (χ1) is 13.9. The Morgan fingerprint density at radius 2 is 1.87 bits per heavy atom. The smallest absolute Gasteiger partial charge is 0.407 e. The summed E-state index contributed by atoms with van der Waals surface area (Å²) in [6.07, 6.45) is 1.98. The van der Waals surface area contributed by atoms with Gasteiger partial charge in [0.1, 0.15) is 6.10 Å². The molecule has 2 saturated heterocycles. The number of ether oxygens (including phenoxy) is 2. The molecule has 9 nitrogen and oxygen atoms in total. The molecule has 2 amide bonds. The van der Waals surface area contributed by atoms with E-state index >= 15 is 0 Å². The van der Waals surface area contributed by atoms with Crippen molar-refractivity contribution in [3.05, 3.63) is 0 Å². The Morgan fingerprint density at radius 1 is 1.20 bits per heavy atom. The van der Waals surface area contributed by atoms with Crippen LogP contribution in [0.2, 0.25) is 0 Å². The van der Waals surface area contributed by atoms with Gasteiger partial charge in [-0.05, 0) is 32.1 Å². The molecule has 2 unspecified atom stereocenters. The van der Waals surface area contributed by atoms with Gasteiger partial charge in [-0.1, -0.05) is 13.8 Å².